The van der Waals surface area contributed by atoms with Crippen molar-refractivity contribution in [3.63, 3.8) is 0 Å². The molecule has 30 heavy (non-hydrogen) atoms. The lowest BCUT2D eigenvalue weighted by molar-refractivity contribution is -0.162. The number of halogens is 2. The SMILES string of the molecule is C[C@@H]1C[C@H]2[C@@H]3CCC4=CC(=O)C=C[C@]4(C)[C@@]3(Br)[C@@H](OC=O)C[C@]2(C)[C@@]1(C)C(=O)CCl. The number of Topliss-reactive ketones (excluding diaryl/α,β-unsaturated/α-hetero) is 1. The van der Waals surface area contributed by atoms with Crippen LogP contribution in [0.3, 0.4) is 0 Å². The molecule has 0 saturated heterocycles. The summed E-state index contributed by atoms with van der Waals surface area (Å²) in [5.41, 5.74) is -0.220. The lowest BCUT2D eigenvalue weighted by Gasteiger charge is -2.64. The Labute approximate surface area is 191 Å². The summed E-state index contributed by atoms with van der Waals surface area (Å²) in [6.07, 6.45) is 8.23. The summed E-state index contributed by atoms with van der Waals surface area (Å²) in [5, 5.41) is 0. The predicted molar refractivity (Wildman–Crippen MR) is 119 cm³/mol. The number of alkyl halides is 2. The summed E-state index contributed by atoms with van der Waals surface area (Å²) in [6.45, 7) is 9.11. The van der Waals surface area contributed by atoms with Gasteiger partial charge in [0.15, 0.2) is 11.6 Å². The summed E-state index contributed by atoms with van der Waals surface area (Å²) in [6, 6.07) is 0. The molecule has 0 aliphatic heterocycles. The highest BCUT2D eigenvalue weighted by molar-refractivity contribution is 9.10. The van der Waals surface area contributed by atoms with Crippen LogP contribution in [0.25, 0.3) is 0 Å². The van der Waals surface area contributed by atoms with E-state index in [0.717, 1.165) is 24.8 Å². The van der Waals surface area contributed by atoms with Gasteiger partial charge in [0.05, 0.1) is 10.2 Å². The number of ether oxygens (including phenoxy) is 1. The molecule has 0 spiro atoms. The van der Waals surface area contributed by atoms with Gasteiger partial charge in [-0.1, -0.05) is 55.3 Å². The quantitative estimate of drug-likeness (QED) is 0.404. The van der Waals surface area contributed by atoms with Crippen molar-refractivity contribution in [2.75, 3.05) is 5.88 Å². The zero-order chi connectivity index (χ0) is 22.1. The van der Waals surface area contributed by atoms with Crippen molar-refractivity contribution in [2.24, 2.45) is 34.0 Å². The maximum atomic E-state index is 13.1. The number of carbonyl (C=O) groups is 3. The molecule has 0 radical (unpaired) electrons. The van der Waals surface area contributed by atoms with Crippen molar-refractivity contribution < 1.29 is 19.1 Å². The highest BCUT2D eigenvalue weighted by Crippen LogP contribution is 2.74. The van der Waals surface area contributed by atoms with Crippen LogP contribution in [0, 0.1) is 34.0 Å². The summed E-state index contributed by atoms with van der Waals surface area (Å²) in [7, 11) is 0. The summed E-state index contributed by atoms with van der Waals surface area (Å²) >= 11 is 10.2. The van der Waals surface area contributed by atoms with Crippen LogP contribution in [-0.2, 0) is 19.1 Å². The van der Waals surface area contributed by atoms with Crippen LogP contribution in [0.2, 0.25) is 0 Å². The van der Waals surface area contributed by atoms with Gasteiger partial charge in [-0.3, -0.25) is 14.4 Å². The molecule has 4 rings (SSSR count). The van der Waals surface area contributed by atoms with Crippen molar-refractivity contribution in [3.05, 3.63) is 23.8 Å². The lowest BCUT2D eigenvalue weighted by atomic mass is 9.44. The van der Waals surface area contributed by atoms with Crippen LogP contribution in [-0.4, -0.2) is 34.3 Å². The largest absolute Gasteiger partial charge is 0.463 e. The van der Waals surface area contributed by atoms with Gasteiger partial charge in [-0.2, -0.15) is 0 Å². The summed E-state index contributed by atoms with van der Waals surface area (Å²) in [5.74, 6) is 0.786. The molecule has 4 nitrogen and oxygen atoms in total. The highest BCUT2D eigenvalue weighted by atomic mass is 79.9. The first kappa shape index (κ1) is 22.3. The van der Waals surface area contributed by atoms with Gasteiger partial charge in [-0.25, -0.2) is 0 Å². The molecule has 0 heterocycles. The van der Waals surface area contributed by atoms with E-state index >= 15 is 0 Å². The van der Waals surface area contributed by atoms with E-state index in [1.54, 1.807) is 12.2 Å². The zero-order valence-corrected chi connectivity index (χ0v) is 20.4. The fourth-order valence-corrected chi connectivity index (χ4v) is 9.16. The first-order valence-electron chi connectivity index (χ1n) is 10.8. The first-order valence-corrected chi connectivity index (χ1v) is 12.1. The molecule has 4 aliphatic carbocycles. The molecule has 4 aliphatic rings. The Kier molecular flexibility index (Phi) is 5.22. The van der Waals surface area contributed by atoms with Crippen molar-refractivity contribution in [1.29, 1.82) is 0 Å². The third-order valence-electron chi connectivity index (χ3n) is 9.71. The van der Waals surface area contributed by atoms with Gasteiger partial charge in [0.1, 0.15) is 6.10 Å². The van der Waals surface area contributed by atoms with E-state index < -0.39 is 21.3 Å². The number of rotatable bonds is 4. The third-order valence-corrected chi connectivity index (χ3v) is 11.9. The molecule has 8 atom stereocenters. The molecule has 0 aromatic rings. The smallest absolute Gasteiger partial charge is 0.293 e. The molecule has 164 valence electrons. The third kappa shape index (κ3) is 2.48. The Morgan fingerprint density at radius 2 is 2.03 bits per heavy atom. The zero-order valence-electron chi connectivity index (χ0n) is 18.0. The second-order valence-corrected chi connectivity index (χ2v) is 11.9. The average molecular weight is 498 g/mol. The Balaban J connectivity index is 1.88. The minimum absolute atomic E-state index is 0.00191. The minimum Gasteiger partial charge on any atom is -0.463 e. The van der Waals surface area contributed by atoms with Crippen LogP contribution >= 0.6 is 27.5 Å². The van der Waals surface area contributed by atoms with Gasteiger partial charge in [0.2, 0.25) is 0 Å². The molecule has 6 heteroatoms. The van der Waals surface area contributed by atoms with Gasteiger partial charge in [-0.15, -0.1) is 11.6 Å². The molecular formula is C24H30BrClO4. The van der Waals surface area contributed by atoms with E-state index in [9.17, 15) is 14.4 Å². The first-order chi connectivity index (χ1) is 14.0. The van der Waals surface area contributed by atoms with Crippen LogP contribution in [0.4, 0.5) is 0 Å². The number of hydrogen-bond donors (Lipinski definition) is 0. The van der Waals surface area contributed by atoms with Crippen molar-refractivity contribution in [2.45, 2.75) is 63.8 Å². The predicted octanol–water partition coefficient (Wildman–Crippen LogP) is 5.02. The van der Waals surface area contributed by atoms with E-state index in [4.69, 9.17) is 16.3 Å². The van der Waals surface area contributed by atoms with Gasteiger partial charge in [-0.05, 0) is 61.0 Å². The van der Waals surface area contributed by atoms with Crippen LogP contribution < -0.4 is 0 Å². The van der Waals surface area contributed by atoms with E-state index in [0.29, 0.717) is 18.8 Å². The maximum absolute atomic E-state index is 13.1. The molecule has 3 fully saturated rings. The topological polar surface area (TPSA) is 60.4 Å². The van der Waals surface area contributed by atoms with Crippen molar-refractivity contribution in [1.82, 2.24) is 0 Å². The number of ketones is 2. The monoisotopic (exact) mass is 496 g/mol. The second-order valence-electron chi connectivity index (χ2n) is 10.4. The maximum Gasteiger partial charge on any atom is 0.293 e. The number of allylic oxidation sites excluding steroid dienone is 4. The van der Waals surface area contributed by atoms with E-state index in [1.807, 2.05) is 6.08 Å². The standard InChI is InChI=1S/C24H30BrClO4/c1-14-9-18-17-6-5-15-10-16(28)7-8-21(15,2)24(17,25)20(30-13-27)11-22(18,3)23(14,4)19(29)12-26/h7-8,10,13-14,17-18,20H,5-6,9,11-12H2,1-4H3/t14-,17+,18+,20+,21+,22+,23-,24+/m1/s1. The molecule has 3 saturated carbocycles. The van der Waals surface area contributed by atoms with Gasteiger partial charge in [0, 0.05) is 10.8 Å². The second kappa shape index (κ2) is 7.03. The highest BCUT2D eigenvalue weighted by Gasteiger charge is 2.73. The molecule has 0 amide bonds. The van der Waals surface area contributed by atoms with Crippen LogP contribution in [0.5, 0.6) is 0 Å². The Morgan fingerprint density at radius 1 is 1.33 bits per heavy atom. The summed E-state index contributed by atoms with van der Waals surface area (Å²) < 4.78 is 5.27. The van der Waals surface area contributed by atoms with Gasteiger partial charge in [0.25, 0.3) is 6.47 Å². The normalized spacial score (nSPS) is 49.5. The van der Waals surface area contributed by atoms with Gasteiger partial charge < -0.3 is 4.74 Å². The molecular weight excluding hydrogens is 468 g/mol. The molecule has 0 aromatic heterocycles. The van der Waals surface area contributed by atoms with Crippen molar-refractivity contribution >= 4 is 45.6 Å². The lowest BCUT2D eigenvalue weighted by Crippen LogP contribution is -2.67. The minimum atomic E-state index is -0.562. The fourth-order valence-electron chi connectivity index (χ4n) is 7.68. The van der Waals surface area contributed by atoms with Crippen LogP contribution in [0.15, 0.2) is 23.8 Å². The summed E-state index contributed by atoms with van der Waals surface area (Å²) in [4.78, 5) is 36.8. The van der Waals surface area contributed by atoms with E-state index in [-0.39, 0.29) is 34.7 Å². The van der Waals surface area contributed by atoms with Gasteiger partial charge >= 0.3 is 0 Å². The molecule has 0 aromatic carbocycles. The molecule has 0 unspecified atom stereocenters. The van der Waals surface area contributed by atoms with Crippen molar-refractivity contribution in [3.8, 4) is 0 Å². The van der Waals surface area contributed by atoms with E-state index in [2.05, 4.69) is 43.6 Å². The van der Waals surface area contributed by atoms with Crippen LogP contribution in [0.1, 0.15) is 53.4 Å². The average Bonchev–Trinajstić information content (AvgIpc) is 2.90. The Bertz CT molecular complexity index is 867. The van der Waals surface area contributed by atoms with E-state index in [1.165, 1.54) is 0 Å². The molecule has 0 bridgehead atoms. The fraction of sp³-hybridized carbons (Fsp3) is 0.708. The molecule has 0 N–H and O–H groups in total. The number of fused-ring (bicyclic) bond motifs is 5. The number of hydrogen-bond acceptors (Lipinski definition) is 4. The Morgan fingerprint density at radius 3 is 2.67 bits per heavy atom. The number of carbonyl (C=O) groups excluding carboxylic acids is 3. The Hall–Kier alpha value is -0.940.